The van der Waals surface area contributed by atoms with E-state index >= 15 is 0 Å². The normalized spacial score (nSPS) is 12.2. The molecule has 0 aliphatic carbocycles. The lowest BCUT2D eigenvalue weighted by Gasteiger charge is -2.15. The average Bonchev–Trinajstić information content (AvgIpc) is 2.17. The maximum atomic E-state index is 11.2. The first-order chi connectivity index (χ1) is 7.04. The minimum Gasteiger partial charge on any atom is -0.381 e. The van der Waals surface area contributed by atoms with E-state index in [9.17, 15) is 4.79 Å². The van der Waals surface area contributed by atoms with Crippen molar-refractivity contribution in [2.45, 2.75) is 19.9 Å². The van der Waals surface area contributed by atoms with Gasteiger partial charge in [0.05, 0.1) is 5.56 Å². The molecule has 1 unspecified atom stereocenters. The van der Waals surface area contributed by atoms with Crippen molar-refractivity contribution in [1.29, 1.82) is 0 Å². The summed E-state index contributed by atoms with van der Waals surface area (Å²) in [4.78, 5) is 11.2. The second-order valence-corrected chi connectivity index (χ2v) is 3.69. The quantitative estimate of drug-likeness (QED) is 0.684. The third-order valence-corrected chi connectivity index (χ3v) is 2.20. The minimum atomic E-state index is -0.429. The molecule has 0 spiro atoms. The average molecular weight is 207 g/mol. The summed E-state index contributed by atoms with van der Waals surface area (Å²) in [7, 11) is 0. The van der Waals surface area contributed by atoms with E-state index < -0.39 is 5.91 Å². The van der Waals surface area contributed by atoms with Crippen LogP contribution < -0.4 is 16.8 Å². The van der Waals surface area contributed by atoms with E-state index in [1.807, 2.05) is 26.0 Å². The maximum Gasteiger partial charge on any atom is 0.250 e. The van der Waals surface area contributed by atoms with Crippen molar-refractivity contribution in [3.63, 3.8) is 0 Å². The Labute approximate surface area is 89.6 Å². The molecule has 15 heavy (non-hydrogen) atoms. The highest BCUT2D eigenvalue weighted by molar-refractivity contribution is 5.98. The van der Waals surface area contributed by atoms with Crippen LogP contribution in [0.15, 0.2) is 18.2 Å². The molecule has 0 aromatic heterocycles. The van der Waals surface area contributed by atoms with Gasteiger partial charge >= 0.3 is 0 Å². The van der Waals surface area contributed by atoms with Gasteiger partial charge in [-0.05, 0) is 31.5 Å². The molecule has 1 atom stereocenters. The fraction of sp³-hybridized carbons (Fsp3) is 0.364. The molecule has 1 aromatic rings. The zero-order valence-corrected chi connectivity index (χ0v) is 9.08. The molecular formula is C11H17N3O. The Kier molecular flexibility index (Phi) is 3.68. The summed E-state index contributed by atoms with van der Waals surface area (Å²) in [6.45, 7) is 4.42. The van der Waals surface area contributed by atoms with Gasteiger partial charge in [0.2, 0.25) is 0 Å². The summed E-state index contributed by atoms with van der Waals surface area (Å²) in [6.07, 6.45) is 0. The van der Waals surface area contributed by atoms with Gasteiger partial charge in [0.1, 0.15) is 0 Å². The van der Waals surface area contributed by atoms with Crippen LogP contribution in [0, 0.1) is 6.92 Å². The molecule has 0 aliphatic rings. The lowest BCUT2D eigenvalue weighted by molar-refractivity contribution is 0.100. The summed E-state index contributed by atoms with van der Waals surface area (Å²) in [5.74, 6) is -0.429. The van der Waals surface area contributed by atoms with Gasteiger partial charge in [-0.25, -0.2) is 0 Å². The molecule has 4 heteroatoms. The van der Waals surface area contributed by atoms with Crippen LogP contribution in [0.3, 0.4) is 0 Å². The van der Waals surface area contributed by atoms with Crippen molar-refractivity contribution in [1.82, 2.24) is 0 Å². The number of primary amides is 1. The summed E-state index contributed by atoms with van der Waals surface area (Å²) < 4.78 is 0. The molecule has 4 nitrogen and oxygen atoms in total. The van der Waals surface area contributed by atoms with Gasteiger partial charge in [-0.1, -0.05) is 6.07 Å². The van der Waals surface area contributed by atoms with E-state index in [1.54, 1.807) is 6.07 Å². The van der Waals surface area contributed by atoms with Crippen molar-refractivity contribution in [3.8, 4) is 0 Å². The zero-order valence-electron chi connectivity index (χ0n) is 9.08. The highest BCUT2D eigenvalue weighted by atomic mass is 16.1. The number of hydrogen-bond donors (Lipinski definition) is 3. The van der Waals surface area contributed by atoms with Crippen LogP contribution in [0.5, 0.6) is 0 Å². The fourth-order valence-electron chi connectivity index (χ4n) is 1.32. The van der Waals surface area contributed by atoms with Gasteiger partial charge in [0.25, 0.3) is 5.91 Å². The van der Waals surface area contributed by atoms with Gasteiger partial charge in [0, 0.05) is 18.3 Å². The van der Waals surface area contributed by atoms with Crippen LogP contribution in [0.4, 0.5) is 5.69 Å². The Morgan fingerprint density at radius 3 is 2.73 bits per heavy atom. The van der Waals surface area contributed by atoms with Crippen molar-refractivity contribution in [3.05, 3.63) is 29.3 Å². The van der Waals surface area contributed by atoms with Gasteiger partial charge in [-0.15, -0.1) is 0 Å². The van der Waals surface area contributed by atoms with Crippen LogP contribution >= 0.6 is 0 Å². The Balaban J connectivity index is 3.02. The molecule has 0 saturated heterocycles. The SMILES string of the molecule is Cc1ccc(C(N)=O)c(NC(C)CN)c1. The summed E-state index contributed by atoms with van der Waals surface area (Å²) in [5.41, 5.74) is 13.1. The molecule has 0 aliphatic heterocycles. The fourth-order valence-corrected chi connectivity index (χ4v) is 1.32. The third-order valence-electron chi connectivity index (χ3n) is 2.20. The zero-order chi connectivity index (χ0) is 11.4. The van der Waals surface area contributed by atoms with Crippen molar-refractivity contribution in [2.75, 3.05) is 11.9 Å². The van der Waals surface area contributed by atoms with E-state index in [-0.39, 0.29) is 6.04 Å². The van der Waals surface area contributed by atoms with Crippen LogP contribution in [0.2, 0.25) is 0 Å². The van der Waals surface area contributed by atoms with Crippen LogP contribution in [0.1, 0.15) is 22.8 Å². The van der Waals surface area contributed by atoms with Crippen molar-refractivity contribution >= 4 is 11.6 Å². The first-order valence-corrected chi connectivity index (χ1v) is 4.91. The van der Waals surface area contributed by atoms with Gasteiger partial charge < -0.3 is 16.8 Å². The highest BCUT2D eigenvalue weighted by Gasteiger charge is 2.09. The van der Waals surface area contributed by atoms with Gasteiger partial charge in [0.15, 0.2) is 0 Å². The molecule has 0 bridgehead atoms. The van der Waals surface area contributed by atoms with E-state index in [4.69, 9.17) is 11.5 Å². The Hall–Kier alpha value is -1.55. The van der Waals surface area contributed by atoms with Gasteiger partial charge in [-0.3, -0.25) is 4.79 Å². The Bertz CT molecular complexity index is 363. The second-order valence-electron chi connectivity index (χ2n) is 3.69. The number of carbonyl (C=O) groups is 1. The number of amides is 1. The van der Waals surface area contributed by atoms with E-state index in [2.05, 4.69) is 5.32 Å². The monoisotopic (exact) mass is 207 g/mol. The summed E-state index contributed by atoms with van der Waals surface area (Å²) >= 11 is 0. The van der Waals surface area contributed by atoms with Crippen LogP contribution in [-0.2, 0) is 0 Å². The number of nitrogens with one attached hydrogen (secondary N) is 1. The number of anilines is 1. The first kappa shape index (κ1) is 11.5. The number of benzene rings is 1. The molecule has 82 valence electrons. The largest absolute Gasteiger partial charge is 0.381 e. The number of hydrogen-bond acceptors (Lipinski definition) is 3. The molecule has 1 amide bonds. The second kappa shape index (κ2) is 4.79. The molecule has 1 rings (SSSR count). The molecule has 5 N–H and O–H groups in total. The van der Waals surface area contributed by atoms with Crippen LogP contribution in [0.25, 0.3) is 0 Å². The van der Waals surface area contributed by atoms with Crippen LogP contribution in [-0.4, -0.2) is 18.5 Å². The predicted molar refractivity (Wildman–Crippen MR) is 61.8 cm³/mol. The molecule has 0 radical (unpaired) electrons. The maximum absolute atomic E-state index is 11.2. The lowest BCUT2D eigenvalue weighted by atomic mass is 10.1. The van der Waals surface area contributed by atoms with E-state index in [0.29, 0.717) is 12.1 Å². The summed E-state index contributed by atoms with van der Waals surface area (Å²) in [6, 6.07) is 5.60. The van der Waals surface area contributed by atoms with Crippen molar-refractivity contribution < 1.29 is 4.79 Å². The molecule has 0 heterocycles. The van der Waals surface area contributed by atoms with E-state index in [1.165, 1.54) is 0 Å². The number of aryl methyl sites for hydroxylation is 1. The standard InChI is InChI=1S/C11H17N3O/c1-7-3-4-9(11(13)15)10(5-7)14-8(2)6-12/h3-5,8,14H,6,12H2,1-2H3,(H2,13,15). The first-order valence-electron chi connectivity index (χ1n) is 4.91. The molecular weight excluding hydrogens is 190 g/mol. The Morgan fingerprint density at radius 2 is 2.20 bits per heavy atom. The molecule has 0 saturated carbocycles. The number of nitrogens with two attached hydrogens (primary N) is 2. The van der Waals surface area contributed by atoms with Crippen molar-refractivity contribution in [2.24, 2.45) is 11.5 Å². The lowest BCUT2D eigenvalue weighted by Crippen LogP contribution is -2.27. The van der Waals surface area contributed by atoms with E-state index in [0.717, 1.165) is 11.3 Å². The minimum absolute atomic E-state index is 0.116. The number of carbonyl (C=O) groups excluding carboxylic acids is 1. The smallest absolute Gasteiger partial charge is 0.250 e. The summed E-state index contributed by atoms with van der Waals surface area (Å²) in [5, 5.41) is 3.16. The molecule has 1 aromatic carbocycles. The number of rotatable bonds is 4. The highest BCUT2D eigenvalue weighted by Crippen LogP contribution is 2.17. The molecule has 0 fully saturated rings. The van der Waals surface area contributed by atoms with Gasteiger partial charge in [-0.2, -0.15) is 0 Å². The topological polar surface area (TPSA) is 81.1 Å². The third kappa shape index (κ3) is 2.95. The predicted octanol–water partition coefficient (Wildman–Crippen LogP) is 0.853. The Morgan fingerprint density at radius 1 is 1.53 bits per heavy atom.